The van der Waals surface area contributed by atoms with Gasteiger partial charge in [0.05, 0.1) is 0 Å². The molecule has 0 saturated heterocycles. The lowest BCUT2D eigenvalue weighted by atomic mass is 9.69. The summed E-state index contributed by atoms with van der Waals surface area (Å²) in [5.74, 6) is 1.84. The molecule has 1 N–H and O–H groups in total. The Balaban J connectivity index is 2.27. The van der Waals surface area contributed by atoms with E-state index in [-0.39, 0.29) is 0 Å². The molecule has 1 nitrogen and oxygen atoms in total. The largest absolute Gasteiger partial charge is 0.314 e. The molecule has 18 heavy (non-hydrogen) atoms. The van der Waals surface area contributed by atoms with Gasteiger partial charge < -0.3 is 5.32 Å². The van der Waals surface area contributed by atoms with Crippen LogP contribution in [0, 0.1) is 17.3 Å². The van der Waals surface area contributed by atoms with E-state index in [2.05, 4.69) is 39.9 Å². The van der Waals surface area contributed by atoms with Crippen LogP contribution < -0.4 is 5.32 Å². The van der Waals surface area contributed by atoms with Crippen LogP contribution in [0.15, 0.2) is 0 Å². The summed E-state index contributed by atoms with van der Waals surface area (Å²) < 4.78 is 0. The van der Waals surface area contributed by atoms with Crippen molar-refractivity contribution in [3.63, 3.8) is 0 Å². The highest BCUT2D eigenvalue weighted by Crippen LogP contribution is 2.40. The summed E-state index contributed by atoms with van der Waals surface area (Å²) in [6.45, 7) is 13.1. The van der Waals surface area contributed by atoms with Gasteiger partial charge in [0.25, 0.3) is 0 Å². The third-order valence-electron chi connectivity index (χ3n) is 5.59. The second-order valence-corrected chi connectivity index (χ2v) is 6.98. The normalized spacial score (nSPS) is 25.7. The van der Waals surface area contributed by atoms with Crippen LogP contribution in [-0.4, -0.2) is 12.6 Å². The van der Waals surface area contributed by atoms with Gasteiger partial charge in [-0.1, -0.05) is 53.9 Å². The lowest BCUT2D eigenvalue weighted by Crippen LogP contribution is -2.38. The zero-order valence-corrected chi connectivity index (χ0v) is 13.4. The molecule has 1 fully saturated rings. The summed E-state index contributed by atoms with van der Waals surface area (Å²) in [6, 6.07) is 0.800. The SMILES string of the molecule is CCC(CC)CNC1CCC(C(C)(C)CC)CC1. The molecular weight excluding hydrogens is 218 g/mol. The monoisotopic (exact) mass is 253 g/mol. The van der Waals surface area contributed by atoms with Gasteiger partial charge in [0.15, 0.2) is 0 Å². The van der Waals surface area contributed by atoms with Crippen LogP contribution in [0.2, 0.25) is 0 Å². The van der Waals surface area contributed by atoms with E-state index in [0.717, 1.165) is 17.9 Å². The first kappa shape index (κ1) is 16.0. The van der Waals surface area contributed by atoms with Crippen LogP contribution in [0.5, 0.6) is 0 Å². The lowest BCUT2D eigenvalue weighted by molar-refractivity contribution is 0.135. The van der Waals surface area contributed by atoms with Crippen LogP contribution in [0.25, 0.3) is 0 Å². The van der Waals surface area contributed by atoms with Gasteiger partial charge in [-0.25, -0.2) is 0 Å². The molecule has 108 valence electrons. The maximum atomic E-state index is 3.81. The van der Waals surface area contributed by atoms with E-state index < -0.39 is 0 Å². The first-order valence-electron chi connectivity index (χ1n) is 8.26. The first-order valence-corrected chi connectivity index (χ1v) is 8.26. The van der Waals surface area contributed by atoms with Gasteiger partial charge in [0.2, 0.25) is 0 Å². The van der Waals surface area contributed by atoms with Crippen molar-refractivity contribution in [2.75, 3.05) is 6.54 Å². The van der Waals surface area contributed by atoms with Gasteiger partial charge >= 0.3 is 0 Å². The fourth-order valence-electron chi connectivity index (χ4n) is 3.28. The summed E-state index contributed by atoms with van der Waals surface area (Å²) in [4.78, 5) is 0. The van der Waals surface area contributed by atoms with Crippen molar-refractivity contribution in [1.82, 2.24) is 5.32 Å². The average Bonchev–Trinajstić information content (AvgIpc) is 2.40. The average molecular weight is 253 g/mol. The van der Waals surface area contributed by atoms with Gasteiger partial charge in [-0.05, 0) is 49.5 Å². The van der Waals surface area contributed by atoms with E-state index in [1.807, 2.05) is 0 Å². The minimum atomic E-state index is 0.556. The Bertz CT molecular complexity index is 210. The van der Waals surface area contributed by atoms with Gasteiger partial charge in [-0.2, -0.15) is 0 Å². The topological polar surface area (TPSA) is 12.0 Å². The summed E-state index contributed by atoms with van der Waals surface area (Å²) in [7, 11) is 0. The van der Waals surface area contributed by atoms with Crippen LogP contribution >= 0.6 is 0 Å². The van der Waals surface area contributed by atoms with Crippen molar-refractivity contribution in [2.45, 2.75) is 85.6 Å². The quantitative estimate of drug-likeness (QED) is 0.672. The van der Waals surface area contributed by atoms with Crippen molar-refractivity contribution >= 4 is 0 Å². The molecule has 0 aromatic carbocycles. The second-order valence-electron chi connectivity index (χ2n) is 6.98. The number of hydrogen-bond acceptors (Lipinski definition) is 1. The third-order valence-corrected chi connectivity index (χ3v) is 5.59. The molecule has 0 atom stereocenters. The van der Waals surface area contributed by atoms with Crippen LogP contribution in [-0.2, 0) is 0 Å². The van der Waals surface area contributed by atoms with Crippen molar-refractivity contribution in [3.05, 3.63) is 0 Å². The molecule has 0 amide bonds. The van der Waals surface area contributed by atoms with Crippen LogP contribution in [0.3, 0.4) is 0 Å². The maximum absolute atomic E-state index is 3.81. The molecule has 0 aromatic heterocycles. The number of hydrogen-bond donors (Lipinski definition) is 1. The molecule has 0 spiro atoms. The fourth-order valence-corrected chi connectivity index (χ4v) is 3.28. The van der Waals surface area contributed by atoms with E-state index in [4.69, 9.17) is 0 Å². The van der Waals surface area contributed by atoms with E-state index >= 15 is 0 Å². The van der Waals surface area contributed by atoms with Gasteiger partial charge in [0.1, 0.15) is 0 Å². The van der Waals surface area contributed by atoms with E-state index in [1.54, 1.807) is 0 Å². The molecule has 0 radical (unpaired) electrons. The maximum Gasteiger partial charge on any atom is 0.00673 e. The predicted molar refractivity (Wildman–Crippen MR) is 81.9 cm³/mol. The van der Waals surface area contributed by atoms with Crippen molar-refractivity contribution in [3.8, 4) is 0 Å². The fraction of sp³-hybridized carbons (Fsp3) is 1.00. The lowest BCUT2D eigenvalue weighted by Gasteiger charge is -2.39. The molecular formula is C17H35N. The first-order chi connectivity index (χ1) is 8.53. The number of rotatable bonds is 7. The van der Waals surface area contributed by atoms with Gasteiger partial charge in [-0.3, -0.25) is 0 Å². The smallest absolute Gasteiger partial charge is 0.00673 e. The Morgan fingerprint density at radius 1 is 1.00 bits per heavy atom. The molecule has 0 unspecified atom stereocenters. The molecule has 0 bridgehead atoms. The van der Waals surface area contributed by atoms with Crippen LogP contribution in [0.1, 0.15) is 79.6 Å². The van der Waals surface area contributed by atoms with E-state index in [1.165, 1.54) is 51.5 Å². The molecule has 1 aliphatic rings. The highest BCUT2D eigenvalue weighted by Gasteiger charge is 2.31. The molecule has 1 saturated carbocycles. The standard InChI is InChI=1S/C17H35N/c1-6-14(7-2)13-18-16-11-9-15(10-12-16)17(4,5)8-3/h14-16,18H,6-13H2,1-5H3. The number of nitrogens with one attached hydrogen (secondary N) is 1. The molecule has 1 aliphatic carbocycles. The van der Waals surface area contributed by atoms with E-state index in [9.17, 15) is 0 Å². The summed E-state index contributed by atoms with van der Waals surface area (Å²) in [6.07, 6.45) is 9.62. The molecule has 1 rings (SSSR count). The summed E-state index contributed by atoms with van der Waals surface area (Å²) in [5, 5.41) is 3.81. The highest BCUT2D eigenvalue weighted by atomic mass is 14.9. The second kappa shape index (κ2) is 7.53. The highest BCUT2D eigenvalue weighted by molar-refractivity contribution is 4.85. The Morgan fingerprint density at radius 3 is 2.00 bits per heavy atom. The zero-order chi connectivity index (χ0) is 13.6. The Morgan fingerprint density at radius 2 is 1.56 bits per heavy atom. The van der Waals surface area contributed by atoms with Gasteiger partial charge in [-0.15, -0.1) is 0 Å². The predicted octanol–water partition coefficient (Wildman–Crippen LogP) is 5.01. The Labute approximate surface area is 115 Å². The summed E-state index contributed by atoms with van der Waals surface area (Å²) >= 11 is 0. The minimum absolute atomic E-state index is 0.556. The minimum Gasteiger partial charge on any atom is -0.314 e. The van der Waals surface area contributed by atoms with Crippen molar-refractivity contribution < 1.29 is 0 Å². The molecule has 0 heterocycles. The Kier molecular flexibility index (Phi) is 6.70. The Hall–Kier alpha value is -0.0400. The molecule has 1 heteroatoms. The van der Waals surface area contributed by atoms with Crippen molar-refractivity contribution in [2.24, 2.45) is 17.3 Å². The zero-order valence-electron chi connectivity index (χ0n) is 13.4. The van der Waals surface area contributed by atoms with Crippen molar-refractivity contribution in [1.29, 1.82) is 0 Å². The van der Waals surface area contributed by atoms with E-state index in [0.29, 0.717) is 5.41 Å². The van der Waals surface area contributed by atoms with Crippen LogP contribution in [0.4, 0.5) is 0 Å². The van der Waals surface area contributed by atoms with Gasteiger partial charge in [0, 0.05) is 6.04 Å². The third kappa shape index (κ3) is 4.57. The summed E-state index contributed by atoms with van der Waals surface area (Å²) in [5.41, 5.74) is 0.556. The molecule has 0 aromatic rings. The molecule has 0 aliphatic heterocycles.